The predicted molar refractivity (Wildman–Crippen MR) is 107 cm³/mol. The summed E-state index contributed by atoms with van der Waals surface area (Å²) in [7, 11) is 0. The molecule has 3 rings (SSSR count). The molecule has 162 valence electrons. The second kappa shape index (κ2) is 10.1. The van der Waals surface area contributed by atoms with Crippen LogP contribution < -0.4 is 10.2 Å². The molecule has 0 aliphatic carbocycles. The minimum atomic E-state index is -1.55. The van der Waals surface area contributed by atoms with Crippen molar-refractivity contribution in [3.8, 4) is 11.8 Å². The molecule has 5 atom stereocenters. The van der Waals surface area contributed by atoms with E-state index < -0.39 is 43.2 Å². The Bertz CT molecular complexity index is 972. The molecule has 5 N–H and O–H groups in total. The number of amides is 1. The first-order chi connectivity index (χ1) is 14.9. The van der Waals surface area contributed by atoms with Crippen LogP contribution in [0.3, 0.4) is 0 Å². The number of hydrogen-bond acceptors (Lipinski definition) is 9. The number of aliphatic hydroxyl groups is 4. The molecule has 0 spiro atoms. The third-order valence-electron chi connectivity index (χ3n) is 4.61. The molecule has 1 heterocycles. The van der Waals surface area contributed by atoms with Gasteiger partial charge in [0.2, 0.25) is 6.29 Å². The predicted octanol–water partition coefficient (Wildman–Crippen LogP) is -0.499. The molecular weight excluding hydrogens is 406 g/mol. The average molecular weight is 427 g/mol. The fourth-order valence-electron chi connectivity index (χ4n) is 2.90. The quantitative estimate of drug-likeness (QED) is 0.304. The SMILES string of the molecule is N#Cc1cccc(/C=N/NC(=O)c2ccc(O[C@@H]3O[C@H](CO)[C@@H](O)[C@H](O)[C@H]3O)cc2)c1. The lowest BCUT2D eigenvalue weighted by molar-refractivity contribution is -0.277. The molecule has 1 saturated heterocycles. The highest BCUT2D eigenvalue weighted by Crippen LogP contribution is 2.24. The summed E-state index contributed by atoms with van der Waals surface area (Å²) in [5, 5.41) is 51.6. The highest BCUT2D eigenvalue weighted by atomic mass is 16.7. The first-order valence-corrected chi connectivity index (χ1v) is 9.33. The zero-order valence-electron chi connectivity index (χ0n) is 16.2. The van der Waals surface area contributed by atoms with E-state index >= 15 is 0 Å². The van der Waals surface area contributed by atoms with Crippen LogP contribution in [0.15, 0.2) is 53.6 Å². The Hall–Kier alpha value is -3.33. The van der Waals surface area contributed by atoms with Gasteiger partial charge in [-0.3, -0.25) is 4.79 Å². The fourth-order valence-corrected chi connectivity index (χ4v) is 2.90. The van der Waals surface area contributed by atoms with Crippen molar-refractivity contribution in [2.45, 2.75) is 30.7 Å². The number of nitrogens with one attached hydrogen (secondary N) is 1. The summed E-state index contributed by atoms with van der Waals surface area (Å²) >= 11 is 0. The molecule has 10 heteroatoms. The van der Waals surface area contributed by atoms with Crippen LogP contribution >= 0.6 is 0 Å². The van der Waals surface area contributed by atoms with Crippen LogP contribution in [0.1, 0.15) is 21.5 Å². The third kappa shape index (κ3) is 5.43. The number of nitriles is 1. The molecule has 31 heavy (non-hydrogen) atoms. The number of carbonyl (C=O) groups excluding carboxylic acids is 1. The van der Waals surface area contributed by atoms with E-state index in [2.05, 4.69) is 10.5 Å². The number of hydrogen-bond donors (Lipinski definition) is 5. The van der Waals surface area contributed by atoms with Gasteiger partial charge in [0, 0.05) is 5.56 Å². The van der Waals surface area contributed by atoms with Crippen molar-refractivity contribution in [2.75, 3.05) is 6.61 Å². The summed E-state index contributed by atoms with van der Waals surface area (Å²) < 4.78 is 10.7. The molecule has 1 aliphatic heterocycles. The van der Waals surface area contributed by atoms with Crippen molar-refractivity contribution in [3.63, 3.8) is 0 Å². The molecule has 1 amide bonds. The standard InChI is InChI=1S/C21H21N3O7/c22-9-12-2-1-3-13(8-12)10-23-24-20(29)14-4-6-15(7-5-14)30-21-19(28)18(27)17(26)16(11-25)31-21/h1-8,10,16-19,21,25-28H,11H2,(H,24,29)/b23-10+/t16-,17-,18+,19-,21-/m1/s1. The van der Waals surface area contributed by atoms with E-state index in [1.807, 2.05) is 6.07 Å². The Labute approximate surface area is 177 Å². The summed E-state index contributed by atoms with van der Waals surface area (Å²) in [6.07, 6.45) is -5.55. The molecular formula is C21H21N3O7. The van der Waals surface area contributed by atoms with E-state index in [4.69, 9.17) is 14.7 Å². The normalized spacial score (nSPS) is 25.7. The van der Waals surface area contributed by atoms with Gasteiger partial charge in [0.25, 0.3) is 5.91 Å². The smallest absolute Gasteiger partial charge is 0.271 e. The molecule has 0 aromatic heterocycles. The van der Waals surface area contributed by atoms with E-state index in [-0.39, 0.29) is 11.3 Å². The van der Waals surface area contributed by atoms with Crippen LogP contribution in [-0.4, -0.2) is 69.9 Å². The van der Waals surface area contributed by atoms with Crippen LogP contribution in [0.25, 0.3) is 0 Å². The number of benzene rings is 2. The van der Waals surface area contributed by atoms with Crippen molar-refractivity contribution in [1.29, 1.82) is 5.26 Å². The lowest BCUT2D eigenvalue weighted by atomic mass is 9.99. The van der Waals surface area contributed by atoms with Gasteiger partial charge < -0.3 is 29.9 Å². The molecule has 0 saturated carbocycles. The van der Waals surface area contributed by atoms with Crippen LogP contribution in [0, 0.1) is 11.3 Å². The molecule has 0 radical (unpaired) electrons. The topological polar surface area (TPSA) is 165 Å². The van der Waals surface area contributed by atoms with E-state index in [1.54, 1.807) is 24.3 Å². The van der Waals surface area contributed by atoms with Gasteiger partial charge in [-0.2, -0.15) is 10.4 Å². The number of ether oxygens (including phenoxy) is 2. The molecule has 2 aromatic rings. The number of carbonyl (C=O) groups is 1. The van der Waals surface area contributed by atoms with Crippen molar-refractivity contribution < 1.29 is 34.7 Å². The third-order valence-corrected chi connectivity index (χ3v) is 4.61. The summed E-state index contributed by atoms with van der Waals surface area (Å²) in [4.78, 5) is 12.2. The van der Waals surface area contributed by atoms with Crippen molar-refractivity contribution >= 4 is 12.1 Å². The van der Waals surface area contributed by atoms with Gasteiger partial charge in [0.15, 0.2) is 0 Å². The van der Waals surface area contributed by atoms with Gasteiger partial charge in [-0.05, 0) is 42.0 Å². The number of rotatable bonds is 6. The number of aliphatic hydroxyl groups excluding tert-OH is 4. The Balaban J connectivity index is 1.58. The number of nitrogens with zero attached hydrogens (tertiary/aromatic N) is 2. The largest absolute Gasteiger partial charge is 0.462 e. The van der Waals surface area contributed by atoms with E-state index in [0.29, 0.717) is 11.1 Å². The van der Waals surface area contributed by atoms with Gasteiger partial charge in [0.1, 0.15) is 30.2 Å². The van der Waals surface area contributed by atoms with E-state index in [9.17, 15) is 25.2 Å². The lowest BCUT2D eigenvalue weighted by Crippen LogP contribution is -2.60. The first-order valence-electron chi connectivity index (χ1n) is 9.33. The van der Waals surface area contributed by atoms with Gasteiger partial charge >= 0.3 is 0 Å². The molecule has 1 fully saturated rings. The Morgan fingerprint density at radius 2 is 1.90 bits per heavy atom. The van der Waals surface area contributed by atoms with Crippen molar-refractivity contribution in [3.05, 3.63) is 65.2 Å². The maximum Gasteiger partial charge on any atom is 0.271 e. The highest BCUT2D eigenvalue weighted by Gasteiger charge is 2.44. The van der Waals surface area contributed by atoms with Crippen LogP contribution in [0.2, 0.25) is 0 Å². The Kier molecular flexibility index (Phi) is 7.30. The lowest BCUT2D eigenvalue weighted by Gasteiger charge is -2.39. The van der Waals surface area contributed by atoms with E-state index in [0.717, 1.165) is 0 Å². The van der Waals surface area contributed by atoms with Crippen LogP contribution in [0.4, 0.5) is 0 Å². The Morgan fingerprint density at radius 3 is 2.58 bits per heavy atom. The molecule has 2 aromatic carbocycles. The van der Waals surface area contributed by atoms with Gasteiger partial charge in [-0.1, -0.05) is 12.1 Å². The summed E-state index contributed by atoms with van der Waals surface area (Å²) in [6, 6.07) is 14.6. The molecule has 0 bridgehead atoms. The summed E-state index contributed by atoms with van der Waals surface area (Å²) in [6.45, 7) is -0.564. The highest BCUT2D eigenvalue weighted by molar-refractivity contribution is 5.95. The van der Waals surface area contributed by atoms with E-state index in [1.165, 1.54) is 30.5 Å². The summed E-state index contributed by atoms with van der Waals surface area (Å²) in [5.74, 6) is -0.246. The van der Waals surface area contributed by atoms with Crippen molar-refractivity contribution in [1.82, 2.24) is 5.43 Å². The van der Waals surface area contributed by atoms with Gasteiger partial charge in [-0.15, -0.1) is 0 Å². The zero-order valence-corrected chi connectivity index (χ0v) is 16.2. The summed E-state index contributed by atoms with van der Waals surface area (Å²) in [5.41, 5.74) is 3.78. The first kappa shape index (κ1) is 22.4. The monoisotopic (exact) mass is 427 g/mol. The maximum atomic E-state index is 12.2. The van der Waals surface area contributed by atoms with Gasteiger partial charge in [-0.25, -0.2) is 5.43 Å². The molecule has 0 unspecified atom stereocenters. The second-order valence-corrected chi connectivity index (χ2v) is 6.78. The van der Waals surface area contributed by atoms with Gasteiger partial charge in [0.05, 0.1) is 24.5 Å². The maximum absolute atomic E-state index is 12.2. The number of hydrazone groups is 1. The van der Waals surface area contributed by atoms with Crippen molar-refractivity contribution in [2.24, 2.45) is 5.10 Å². The zero-order chi connectivity index (χ0) is 22.4. The minimum Gasteiger partial charge on any atom is -0.462 e. The average Bonchev–Trinajstić information content (AvgIpc) is 2.80. The Morgan fingerprint density at radius 1 is 1.16 bits per heavy atom. The van der Waals surface area contributed by atoms with Crippen LogP contribution in [-0.2, 0) is 4.74 Å². The minimum absolute atomic E-state index is 0.234. The second-order valence-electron chi connectivity index (χ2n) is 6.78. The molecule has 1 aliphatic rings. The molecule has 10 nitrogen and oxygen atoms in total. The fraction of sp³-hybridized carbons (Fsp3) is 0.286. The van der Waals surface area contributed by atoms with Crippen LogP contribution in [0.5, 0.6) is 5.75 Å².